The van der Waals surface area contributed by atoms with Crippen molar-refractivity contribution in [2.75, 3.05) is 7.11 Å². The predicted molar refractivity (Wildman–Crippen MR) is 132 cm³/mol. The first-order valence-corrected chi connectivity index (χ1v) is 11.7. The summed E-state index contributed by atoms with van der Waals surface area (Å²) in [7, 11) is 1.35. The molecule has 10 heteroatoms. The molecule has 0 fully saturated rings. The maximum Gasteiger partial charge on any atom is 0.309 e. The Bertz CT molecular complexity index is 1280. The second-order valence-electron chi connectivity index (χ2n) is 8.50. The molecule has 8 nitrogen and oxygen atoms in total. The van der Waals surface area contributed by atoms with Crippen LogP contribution in [-0.2, 0) is 14.3 Å². The predicted octanol–water partition coefficient (Wildman–Crippen LogP) is 5.25. The second-order valence-corrected chi connectivity index (χ2v) is 8.50. The summed E-state index contributed by atoms with van der Waals surface area (Å²) in [6.07, 6.45) is -0.699. The number of carbonyl (C=O) groups is 3. The average Bonchev–Trinajstić information content (AvgIpc) is 2.88. The minimum atomic E-state index is -0.900. The molecule has 0 radical (unpaired) electrons. The number of Topliss-reactive ketones (excluding diaryl/α,β-unsaturated/α-hetero) is 1. The van der Waals surface area contributed by atoms with E-state index in [-0.39, 0.29) is 23.6 Å². The summed E-state index contributed by atoms with van der Waals surface area (Å²) in [5, 5.41) is 0. The molecule has 38 heavy (non-hydrogen) atoms. The number of ether oxygens (including phenoxy) is 4. The van der Waals surface area contributed by atoms with Crippen molar-refractivity contribution >= 4 is 17.7 Å². The fourth-order valence-electron chi connectivity index (χ4n) is 3.60. The zero-order chi connectivity index (χ0) is 27.8. The molecule has 0 amide bonds. The van der Waals surface area contributed by atoms with E-state index in [1.807, 2.05) is 0 Å². The first-order chi connectivity index (χ1) is 18.1. The highest BCUT2D eigenvalue weighted by Crippen LogP contribution is 2.32. The summed E-state index contributed by atoms with van der Waals surface area (Å²) in [6.45, 7) is 4.27. The summed E-state index contributed by atoms with van der Waals surface area (Å²) < 4.78 is 48.7. The van der Waals surface area contributed by atoms with Crippen molar-refractivity contribution in [1.82, 2.24) is 4.98 Å². The Morgan fingerprint density at radius 3 is 2.11 bits per heavy atom. The quantitative estimate of drug-likeness (QED) is 0.246. The minimum absolute atomic E-state index is 0.134. The van der Waals surface area contributed by atoms with E-state index >= 15 is 0 Å². The minimum Gasteiger partial charge on any atom is -0.493 e. The number of pyridine rings is 1. The monoisotopic (exact) mass is 527 g/mol. The molecular weight excluding hydrogens is 500 g/mol. The zero-order valence-corrected chi connectivity index (χ0v) is 21.3. The lowest BCUT2D eigenvalue weighted by Crippen LogP contribution is -2.30. The standard InChI is InChI=1S/C28H27F2NO7/c1-16(15-23(33)25-27(37-18(3)32)24(35-4)13-14-31-25)28(34)36-17(2)26(19-5-7-20(29)8-6-19)38-22-11-9-21(30)10-12-22/h5-14,16-17,26H,15H2,1-4H3/t16-,17+,26?/m1/s1. The van der Waals surface area contributed by atoms with Gasteiger partial charge < -0.3 is 18.9 Å². The maximum atomic E-state index is 13.5. The molecule has 0 spiro atoms. The SMILES string of the molecule is COc1ccnc(C(=O)C[C@@H](C)C(=O)O[C@@H](C)C(Oc2ccc(F)cc2)c2ccc(F)cc2)c1OC(C)=O. The molecule has 0 bridgehead atoms. The van der Waals surface area contributed by atoms with Gasteiger partial charge in [-0.15, -0.1) is 0 Å². The number of methoxy groups -OCH3 is 1. The van der Waals surface area contributed by atoms with Crippen LogP contribution >= 0.6 is 0 Å². The van der Waals surface area contributed by atoms with Gasteiger partial charge >= 0.3 is 11.9 Å². The number of nitrogens with zero attached hydrogens (tertiary/aromatic N) is 1. The van der Waals surface area contributed by atoms with Crippen molar-refractivity contribution in [3.63, 3.8) is 0 Å². The molecule has 1 aromatic heterocycles. The Balaban J connectivity index is 1.75. The lowest BCUT2D eigenvalue weighted by molar-refractivity contribution is -0.157. The normalized spacial score (nSPS) is 13.1. The number of benzene rings is 2. The Morgan fingerprint density at radius 2 is 1.53 bits per heavy atom. The lowest BCUT2D eigenvalue weighted by Gasteiger charge is -2.26. The first-order valence-electron chi connectivity index (χ1n) is 11.7. The van der Waals surface area contributed by atoms with Crippen LogP contribution in [0.5, 0.6) is 17.2 Å². The van der Waals surface area contributed by atoms with Gasteiger partial charge in [0.15, 0.2) is 23.3 Å². The Labute approximate surface area is 218 Å². The van der Waals surface area contributed by atoms with Crippen molar-refractivity contribution < 1.29 is 42.1 Å². The maximum absolute atomic E-state index is 13.5. The number of ketones is 1. The molecule has 3 atom stereocenters. The Hall–Kier alpha value is -4.34. The molecule has 3 aromatic rings. The highest BCUT2D eigenvalue weighted by molar-refractivity contribution is 5.99. The smallest absolute Gasteiger partial charge is 0.309 e. The van der Waals surface area contributed by atoms with Crippen molar-refractivity contribution in [1.29, 1.82) is 0 Å². The molecule has 200 valence electrons. The number of aromatic nitrogens is 1. The van der Waals surface area contributed by atoms with Crippen LogP contribution in [0.1, 0.15) is 49.3 Å². The number of rotatable bonds is 11. The van der Waals surface area contributed by atoms with E-state index in [0.29, 0.717) is 11.3 Å². The summed E-state index contributed by atoms with van der Waals surface area (Å²) in [5.41, 5.74) is 0.363. The van der Waals surface area contributed by atoms with Gasteiger partial charge in [0, 0.05) is 25.6 Å². The topological polar surface area (TPSA) is 101 Å². The van der Waals surface area contributed by atoms with Crippen LogP contribution in [0.3, 0.4) is 0 Å². The molecule has 0 aliphatic rings. The number of hydrogen-bond donors (Lipinski definition) is 0. The molecule has 3 rings (SSSR count). The van der Waals surface area contributed by atoms with E-state index in [2.05, 4.69) is 4.98 Å². The van der Waals surface area contributed by atoms with E-state index in [1.165, 1.54) is 81.8 Å². The van der Waals surface area contributed by atoms with Gasteiger partial charge in [-0.2, -0.15) is 0 Å². The van der Waals surface area contributed by atoms with Gasteiger partial charge in [-0.3, -0.25) is 14.4 Å². The van der Waals surface area contributed by atoms with Crippen LogP contribution < -0.4 is 14.2 Å². The van der Waals surface area contributed by atoms with Crippen LogP contribution in [0.2, 0.25) is 0 Å². The highest BCUT2D eigenvalue weighted by Gasteiger charge is 2.30. The summed E-state index contributed by atoms with van der Waals surface area (Å²) in [4.78, 5) is 41.4. The van der Waals surface area contributed by atoms with E-state index in [1.54, 1.807) is 6.92 Å². The highest BCUT2D eigenvalue weighted by atomic mass is 19.1. The third-order valence-electron chi connectivity index (χ3n) is 5.50. The van der Waals surface area contributed by atoms with Crippen LogP contribution in [0.4, 0.5) is 8.78 Å². The van der Waals surface area contributed by atoms with Gasteiger partial charge in [0.05, 0.1) is 13.0 Å². The van der Waals surface area contributed by atoms with Gasteiger partial charge in [0.1, 0.15) is 23.5 Å². The average molecular weight is 528 g/mol. The Kier molecular flexibility index (Phi) is 9.48. The van der Waals surface area contributed by atoms with Crippen LogP contribution in [-0.4, -0.2) is 35.9 Å². The van der Waals surface area contributed by atoms with Crippen LogP contribution in [0.15, 0.2) is 60.8 Å². The number of hydrogen-bond acceptors (Lipinski definition) is 8. The Morgan fingerprint density at radius 1 is 0.921 bits per heavy atom. The fraction of sp³-hybridized carbons (Fsp3) is 0.286. The van der Waals surface area contributed by atoms with Gasteiger partial charge in [-0.1, -0.05) is 19.1 Å². The molecule has 1 heterocycles. The molecule has 0 aliphatic carbocycles. The fourth-order valence-corrected chi connectivity index (χ4v) is 3.60. The van der Waals surface area contributed by atoms with Gasteiger partial charge in [-0.05, 0) is 48.9 Å². The largest absolute Gasteiger partial charge is 0.493 e. The van der Waals surface area contributed by atoms with Crippen molar-refractivity contribution in [3.8, 4) is 17.2 Å². The van der Waals surface area contributed by atoms with E-state index in [0.717, 1.165) is 0 Å². The van der Waals surface area contributed by atoms with E-state index in [4.69, 9.17) is 18.9 Å². The molecular formula is C28H27F2NO7. The van der Waals surface area contributed by atoms with Gasteiger partial charge in [0.2, 0.25) is 5.75 Å². The molecule has 0 N–H and O–H groups in total. The van der Waals surface area contributed by atoms with Gasteiger partial charge in [-0.25, -0.2) is 13.8 Å². The van der Waals surface area contributed by atoms with E-state index in [9.17, 15) is 23.2 Å². The molecule has 0 saturated heterocycles. The third-order valence-corrected chi connectivity index (χ3v) is 5.50. The van der Waals surface area contributed by atoms with Crippen LogP contribution in [0, 0.1) is 17.6 Å². The summed E-state index contributed by atoms with van der Waals surface area (Å²) >= 11 is 0. The second kappa shape index (κ2) is 12.8. The van der Waals surface area contributed by atoms with Crippen LogP contribution in [0.25, 0.3) is 0 Å². The van der Waals surface area contributed by atoms with E-state index < -0.39 is 47.5 Å². The molecule has 0 saturated carbocycles. The molecule has 1 unspecified atom stereocenters. The summed E-state index contributed by atoms with van der Waals surface area (Å²) in [5.74, 6) is -3.40. The van der Waals surface area contributed by atoms with Crippen molar-refractivity contribution in [2.45, 2.75) is 39.4 Å². The summed E-state index contributed by atoms with van der Waals surface area (Å²) in [6, 6.07) is 12.2. The van der Waals surface area contributed by atoms with Crippen molar-refractivity contribution in [2.24, 2.45) is 5.92 Å². The lowest BCUT2D eigenvalue weighted by atomic mass is 10.0. The number of esters is 2. The third kappa shape index (κ3) is 7.34. The zero-order valence-electron chi connectivity index (χ0n) is 21.3. The molecule has 2 aromatic carbocycles. The number of halogens is 2. The first kappa shape index (κ1) is 28.2. The number of carbonyl (C=O) groups excluding carboxylic acids is 3. The van der Waals surface area contributed by atoms with Gasteiger partial charge in [0.25, 0.3) is 0 Å². The molecule has 0 aliphatic heterocycles. The van der Waals surface area contributed by atoms with Crippen molar-refractivity contribution in [3.05, 3.63) is 83.7 Å².